The van der Waals surface area contributed by atoms with Crippen LogP contribution in [0.3, 0.4) is 0 Å². The predicted molar refractivity (Wildman–Crippen MR) is 129 cm³/mol. The molecule has 0 bridgehead atoms. The third kappa shape index (κ3) is 9.23. The van der Waals surface area contributed by atoms with Crippen LogP contribution in [0.15, 0.2) is 66.3 Å². The standard InChI is InChI=1S/C13H15F3O.C13H17P/c1-10(17)12(2,9-13(14,15)16)8-11-6-4-3-5-7-11;1-9(2)10(3)8-12-6-5-7-13(14)11(12)4/h3-7H,8-9H2,1-2H3;5-8H,1,14H2,2-4H3/b;10-8-. The molecule has 0 aliphatic carbocycles. The maximum atomic E-state index is 12.5. The topological polar surface area (TPSA) is 17.1 Å². The number of hydrogen-bond acceptors (Lipinski definition) is 1. The van der Waals surface area contributed by atoms with Gasteiger partial charge in [0.15, 0.2) is 0 Å². The fraction of sp³-hybridized carbons (Fsp3) is 0.346. The molecule has 2 atom stereocenters. The van der Waals surface area contributed by atoms with Gasteiger partial charge in [-0.1, -0.05) is 73.7 Å². The van der Waals surface area contributed by atoms with E-state index in [9.17, 15) is 18.0 Å². The summed E-state index contributed by atoms with van der Waals surface area (Å²) in [6, 6.07) is 15.1. The fourth-order valence-electron chi connectivity index (χ4n) is 2.99. The van der Waals surface area contributed by atoms with E-state index in [0.29, 0.717) is 0 Å². The Morgan fingerprint density at radius 1 is 1.03 bits per heavy atom. The lowest BCUT2D eigenvalue weighted by Crippen LogP contribution is -2.33. The van der Waals surface area contributed by atoms with Crippen LogP contribution in [0.5, 0.6) is 0 Å². The minimum absolute atomic E-state index is 0.114. The largest absolute Gasteiger partial charge is 0.390 e. The van der Waals surface area contributed by atoms with Crippen LogP contribution in [-0.2, 0) is 11.2 Å². The highest BCUT2D eigenvalue weighted by Gasteiger charge is 2.42. The zero-order valence-corrected chi connectivity index (χ0v) is 20.1. The number of ketones is 1. The molecule has 5 heteroatoms. The van der Waals surface area contributed by atoms with E-state index in [2.05, 4.69) is 53.9 Å². The minimum Gasteiger partial charge on any atom is -0.299 e. The SMILES string of the molecule is C=C(C)/C(C)=C\c1cccc(P)c1C.CC(=O)C(C)(Cc1ccccc1)CC(F)(F)F. The lowest BCUT2D eigenvalue weighted by Gasteiger charge is -2.27. The predicted octanol–water partition coefficient (Wildman–Crippen LogP) is 7.25. The molecule has 2 unspecified atom stereocenters. The molecule has 0 N–H and O–H groups in total. The molecule has 2 rings (SSSR count). The Kier molecular flexibility index (Phi) is 9.90. The molecular formula is C26H32F3OP. The van der Waals surface area contributed by atoms with E-state index in [1.807, 2.05) is 6.92 Å². The van der Waals surface area contributed by atoms with Crippen LogP contribution in [0.2, 0.25) is 0 Å². The highest BCUT2D eigenvalue weighted by molar-refractivity contribution is 7.27. The summed E-state index contributed by atoms with van der Waals surface area (Å²) in [7, 11) is 2.75. The summed E-state index contributed by atoms with van der Waals surface area (Å²) >= 11 is 0. The second kappa shape index (κ2) is 11.4. The van der Waals surface area contributed by atoms with Crippen LogP contribution >= 0.6 is 9.24 Å². The highest BCUT2D eigenvalue weighted by atomic mass is 31.0. The molecule has 2 aromatic rings. The van der Waals surface area contributed by atoms with Gasteiger partial charge in [-0.15, -0.1) is 9.24 Å². The van der Waals surface area contributed by atoms with Gasteiger partial charge < -0.3 is 0 Å². The molecule has 0 amide bonds. The van der Waals surface area contributed by atoms with E-state index in [1.54, 1.807) is 30.3 Å². The van der Waals surface area contributed by atoms with Gasteiger partial charge in [0.25, 0.3) is 0 Å². The molecule has 0 saturated heterocycles. The number of allylic oxidation sites excluding steroid dienone is 2. The summed E-state index contributed by atoms with van der Waals surface area (Å²) in [5.74, 6) is -0.432. The van der Waals surface area contributed by atoms with Crippen LogP contribution < -0.4 is 5.30 Å². The zero-order chi connectivity index (χ0) is 23.8. The second-order valence-corrected chi connectivity index (χ2v) is 8.86. The van der Waals surface area contributed by atoms with Crippen molar-refractivity contribution in [1.29, 1.82) is 0 Å². The molecule has 0 aromatic heterocycles. The van der Waals surface area contributed by atoms with Crippen molar-refractivity contribution in [2.45, 2.75) is 53.6 Å². The molecule has 0 aliphatic rings. The number of Topliss-reactive ketones (excluding diaryl/α,β-unsaturated/α-hetero) is 1. The van der Waals surface area contributed by atoms with Gasteiger partial charge >= 0.3 is 6.18 Å². The molecule has 0 fully saturated rings. The van der Waals surface area contributed by atoms with Gasteiger partial charge in [-0.2, -0.15) is 13.2 Å². The van der Waals surface area contributed by atoms with E-state index in [1.165, 1.54) is 35.9 Å². The summed E-state index contributed by atoms with van der Waals surface area (Å²) < 4.78 is 37.4. The van der Waals surface area contributed by atoms with Gasteiger partial charge in [0.1, 0.15) is 5.78 Å². The van der Waals surface area contributed by atoms with Crippen LogP contribution in [0.25, 0.3) is 6.08 Å². The molecule has 0 aliphatic heterocycles. The van der Waals surface area contributed by atoms with Gasteiger partial charge in [0.05, 0.1) is 6.42 Å². The number of alkyl halides is 3. The summed E-state index contributed by atoms with van der Waals surface area (Å²) in [6.45, 7) is 12.8. The van der Waals surface area contributed by atoms with E-state index in [4.69, 9.17) is 0 Å². The summed E-state index contributed by atoms with van der Waals surface area (Å²) in [6.07, 6.45) is -3.10. The van der Waals surface area contributed by atoms with Crippen molar-refractivity contribution in [3.63, 3.8) is 0 Å². The van der Waals surface area contributed by atoms with Gasteiger partial charge in [-0.05, 0) is 61.7 Å². The molecule has 1 nitrogen and oxygen atoms in total. The number of benzene rings is 2. The average Bonchev–Trinajstić information content (AvgIpc) is 2.65. The molecule has 2 aromatic carbocycles. The number of carbonyl (C=O) groups excluding carboxylic acids is 1. The van der Waals surface area contributed by atoms with Crippen molar-refractivity contribution >= 4 is 26.4 Å². The molecular weight excluding hydrogens is 416 g/mol. The van der Waals surface area contributed by atoms with E-state index in [-0.39, 0.29) is 6.42 Å². The normalized spacial score (nSPS) is 13.6. The van der Waals surface area contributed by atoms with Crippen molar-refractivity contribution in [2.75, 3.05) is 0 Å². The third-order valence-corrected chi connectivity index (χ3v) is 5.97. The van der Waals surface area contributed by atoms with Crippen molar-refractivity contribution in [2.24, 2.45) is 5.41 Å². The van der Waals surface area contributed by atoms with Crippen molar-refractivity contribution < 1.29 is 18.0 Å². The van der Waals surface area contributed by atoms with E-state index < -0.39 is 23.8 Å². The summed E-state index contributed by atoms with van der Waals surface area (Å²) in [4.78, 5) is 11.4. The van der Waals surface area contributed by atoms with Crippen LogP contribution in [-0.4, -0.2) is 12.0 Å². The van der Waals surface area contributed by atoms with Crippen molar-refractivity contribution in [1.82, 2.24) is 0 Å². The Balaban J connectivity index is 0.000000316. The maximum absolute atomic E-state index is 12.5. The van der Waals surface area contributed by atoms with Crippen molar-refractivity contribution in [3.8, 4) is 0 Å². The molecule has 0 spiro atoms. The fourth-order valence-corrected chi connectivity index (χ4v) is 3.26. The molecule has 0 heterocycles. The monoisotopic (exact) mass is 448 g/mol. The zero-order valence-electron chi connectivity index (χ0n) is 18.9. The van der Waals surface area contributed by atoms with Gasteiger partial charge in [-0.25, -0.2) is 0 Å². The molecule has 0 radical (unpaired) electrons. The van der Waals surface area contributed by atoms with Gasteiger partial charge in [0.2, 0.25) is 0 Å². The Labute approximate surface area is 186 Å². The first-order valence-electron chi connectivity index (χ1n) is 10.1. The molecule has 168 valence electrons. The summed E-state index contributed by atoms with van der Waals surface area (Å²) in [5, 5.41) is 1.26. The van der Waals surface area contributed by atoms with Crippen LogP contribution in [0.1, 0.15) is 50.8 Å². The highest BCUT2D eigenvalue weighted by Crippen LogP contribution is 2.36. The lowest BCUT2D eigenvalue weighted by molar-refractivity contribution is -0.164. The van der Waals surface area contributed by atoms with E-state index >= 15 is 0 Å². The molecule has 0 saturated carbocycles. The minimum atomic E-state index is -4.32. The van der Waals surface area contributed by atoms with Crippen LogP contribution in [0, 0.1) is 12.3 Å². The van der Waals surface area contributed by atoms with Gasteiger partial charge in [-0.3, -0.25) is 4.79 Å². The Morgan fingerprint density at radius 2 is 1.61 bits per heavy atom. The van der Waals surface area contributed by atoms with Crippen LogP contribution in [0.4, 0.5) is 13.2 Å². The van der Waals surface area contributed by atoms with Crippen molar-refractivity contribution in [3.05, 3.63) is 82.9 Å². The number of carbonyl (C=O) groups is 1. The Morgan fingerprint density at radius 3 is 2.10 bits per heavy atom. The number of rotatable bonds is 6. The first kappa shape index (κ1) is 26.8. The smallest absolute Gasteiger partial charge is 0.299 e. The summed E-state index contributed by atoms with van der Waals surface area (Å²) in [5.41, 5.74) is 4.33. The van der Waals surface area contributed by atoms with Gasteiger partial charge in [0, 0.05) is 5.41 Å². The quantitative estimate of drug-likeness (QED) is 0.336. The number of halogens is 3. The second-order valence-electron chi connectivity index (χ2n) is 8.24. The first-order chi connectivity index (χ1) is 14.2. The van der Waals surface area contributed by atoms with E-state index in [0.717, 1.165) is 11.1 Å². The maximum Gasteiger partial charge on any atom is 0.390 e. The lowest BCUT2D eigenvalue weighted by atomic mass is 9.77. The Hall–Kier alpha value is -2.19. The Bertz CT molecular complexity index is 929. The first-order valence-corrected chi connectivity index (χ1v) is 10.6. The number of hydrogen-bond donors (Lipinski definition) is 0. The third-order valence-electron chi connectivity index (χ3n) is 5.34. The average molecular weight is 449 g/mol. The molecule has 31 heavy (non-hydrogen) atoms.